The van der Waals surface area contributed by atoms with E-state index >= 15 is 0 Å². The Morgan fingerprint density at radius 1 is 1.00 bits per heavy atom. The molecule has 0 amide bonds. The van der Waals surface area contributed by atoms with Crippen LogP contribution < -0.4 is 0 Å². The van der Waals surface area contributed by atoms with E-state index in [1.807, 2.05) is 37.3 Å². The lowest BCUT2D eigenvalue weighted by Crippen LogP contribution is -2.33. The maximum Gasteiger partial charge on any atom is 0.302 e. The Morgan fingerprint density at radius 3 is 1.89 bits per heavy atom. The Morgan fingerprint density at radius 2 is 1.47 bits per heavy atom. The van der Waals surface area contributed by atoms with Gasteiger partial charge in [0.1, 0.15) is 13.2 Å². The van der Waals surface area contributed by atoms with Crippen molar-refractivity contribution in [2.24, 2.45) is 5.41 Å². The van der Waals surface area contributed by atoms with Crippen LogP contribution in [0.4, 0.5) is 0 Å². The molecule has 0 aliphatic carbocycles. The van der Waals surface area contributed by atoms with E-state index in [0.717, 1.165) is 5.56 Å². The van der Waals surface area contributed by atoms with Crippen LogP contribution in [0, 0.1) is 5.41 Å². The lowest BCUT2D eigenvalue weighted by molar-refractivity contribution is -0.150. The van der Waals surface area contributed by atoms with Crippen molar-refractivity contribution in [2.45, 2.75) is 27.2 Å². The number of hydrogen-bond acceptors (Lipinski definition) is 4. The Hall–Kier alpha value is -1.84. The summed E-state index contributed by atoms with van der Waals surface area (Å²) in [4.78, 5) is 21.9. The standard InChI is InChI=1S/C15H20O4/c1-12(16)18-10-15(3,11-19-13(2)17)9-14-7-5-4-6-8-14/h4-8H,9-11H2,1-3H3. The van der Waals surface area contributed by atoms with Crippen LogP contribution in [0.1, 0.15) is 26.3 Å². The highest BCUT2D eigenvalue weighted by Gasteiger charge is 2.28. The van der Waals surface area contributed by atoms with Crippen LogP contribution in [-0.4, -0.2) is 25.2 Å². The SMILES string of the molecule is CC(=O)OCC(C)(COC(C)=O)Cc1ccccc1. The molecule has 0 fully saturated rings. The van der Waals surface area contributed by atoms with Crippen molar-refractivity contribution in [1.29, 1.82) is 0 Å². The van der Waals surface area contributed by atoms with Gasteiger partial charge in [0, 0.05) is 19.3 Å². The quantitative estimate of drug-likeness (QED) is 0.740. The van der Waals surface area contributed by atoms with Crippen molar-refractivity contribution in [1.82, 2.24) is 0 Å². The number of benzene rings is 1. The summed E-state index contributed by atoms with van der Waals surface area (Å²) < 4.78 is 10.2. The second-order valence-electron chi connectivity index (χ2n) is 5.03. The molecule has 4 nitrogen and oxygen atoms in total. The largest absolute Gasteiger partial charge is 0.465 e. The van der Waals surface area contributed by atoms with Gasteiger partial charge in [0.05, 0.1) is 0 Å². The van der Waals surface area contributed by atoms with Crippen molar-refractivity contribution in [3.63, 3.8) is 0 Å². The van der Waals surface area contributed by atoms with Gasteiger partial charge in [-0.05, 0) is 12.0 Å². The highest BCUT2D eigenvalue weighted by molar-refractivity contribution is 5.66. The molecule has 0 atom stereocenters. The van der Waals surface area contributed by atoms with E-state index in [-0.39, 0.29) is 25.2 Å². The van der Waals surface area contributed by atoms with Gasteiger partial charge in [-0.2, -0.15) is 0 Å². The Bertz CT molecular complexity index is 407. The first kappa shape index (κ1) is 15.2. The lowest BCUT2D eigenvalue weighted by Gasteiger charge is -2.28. The molecular formula is C15H20O4. The third-order valence-corrected chi connectivity index (χ3v) is 2.72. The third-order valence-electron chi connectivity index (χ3n) is 2.72. The average molecular weight is 264 g/mol. The second-order valence-corrected chi connectivity index (χ2v) is 5.03. The van der Waals surface area contributed by atoms with Gasteiger partial charge in [0.15, 0.2) is 0 Å². The minimum absolute atomic E-state index is 0.227. The molecule has 1 aromatic carbocycles. The van der Waals surface area contributed by atoms with E-state index in [2.05, 4.69) is 0 Å². The van der Waals surface area contributed by atoms with E-state index in [0.29, 0.717) is 6.42 Å². The maximum absolute atomic E-state index is 11.0. The fourth-order valence-electron chi connectivity index (χ4n) is 1.78. The van der Waals surface area contributed by atoms with Gasteiger partial charge in [-0.3, -0.25) is 9.59 Å². The molecule has 0 N–H and O–H groups in total. The van der Waals surface area contributed by atoms with Crippen LogP contribution in [0.15, 0.2) is 30.3 Å². The number of rotatable bonds is 6. The summed E-state index contributed by atoms with van der Waals surface area (Å²) in [5, 5.41) is 0. The monoisotopic (exact) mass is 264 g/mol. The van der Waals surface area contributed by atoms with E-state index in [1.165, 1.54) is 13.8 Å². The number of ether oxygens (including phenoxy) is 2. The predicted octanol–water partition coefficient (Wildman–Crippen LogP) is 2.36. The molecule has 0 saturated carbocycles. The second kappa shape index (κ2) is 6.92. The van der Waals surface area contributed by atoms with Crippen LogP contribution in [-0.2, 0) is 25.5 Å². The zero-order valence-corrected chi connectivity index (χ0v) is 11.6. The minimum Gasteiger partial charge on any atom is -0.465 e. The topological polar surface area (TPSA) is 52.6 Å². The summed E-state index contributed by atoms with van der Waals surface area (Å²) in [5.74, 6) is -0.663. The van der Waals surface area contributed by atoms with Gasteiger partial charge in [-0.1, -0.05) is 37.3 Å². The van der Waals surface area contributed by atoms with Crippen molar-refractivity contribution in [3.05, 3.63) is 35.9 Å². The molecule has 0 aromatic heterocycles. The molecule has 0 unspecified atom stereocenters. The molecule has 0 heterocycles. The smallest absolute Gasteiger partial charge is 0.302 e. The van der Waals surface area contributed by atoms with Gasteiger partial charge in [-0.25, -0.2) is 0 Å². The minimum atomic E-state index is -0.418. The van der Waals surface area contributed by atoms with Crippen molar-refractivity contribution >= 4 is 11.9 Å². The molecule has 0 spiro atoms. The van der Waals surface area contributed by atoms with Gasteiger partial charge in [0.2, 0.25) is 0 Å². The lowest BCUT2D eigenvalue weighted by atomic mass is 9.85. The van der Waals surface area contributed by atoms with Gasteiger partial charge >= 0.3 is 11.9 Å². The van der Waals surface area contributed by atoms with Crippen LogP contribution in [0.25, 0.3) is 0 Å². The zero-order valence-electron chi connectivity index (χ0n) is 11.6. The van der Waals surface area contributed by atoms with Crippen LogP contribution in [0.2, 0.25) is 0 Å². The van der Waals surface area contributed by atoms with Crippen LogP contribution in [0.3, 0.4) is 0 Å². The Balaban J connectivity index is 2.72. The molecule has 19 heavy (non-hydrogen) atoms. The molecule has 0 aliphatic rings. The fraction of sp³-hybridized carbons (Fsp3) is 0.467. The van der Waals surface area contributed by atoms with Crippen molar-refractivity contribution in [3.8, 4) is 0 Å². The third kappa shape index (κ3) is 6.04. The van der Waals surface area contributed by atoms with Gasteiger partial charge in [-0.15, -0.1) is 0 Å². The highest BCUT2D eigenvalue weighted by Crippen LogP contribution is 2.24. The number of hydrogen-bond donors (Lipinski definition) is 0. The molecule has 0 aliphatic heterocycles. The van der Waals surface area contributed by atoms with Crippen LogP contribution in [0.5, 0.6) is 0 Å². The van der Waals surface area contributed by atoms with E-state index in [9.17, 15) is 9.59 Å². The molecule has 1 aromatic rings. The zero-order chi connectivity index (χ0) is 14.3. The number of carbonyl (C=O) groups is 2. The van der Waals surface area contributed by atoms with E-state index < -0.39 is 5.41 Å². The molecular weight excluding hydrogens is 244 g/mol. The first-order chi connectivity index (χ1) is 8.91. The summed E-state index contributed by atoms with van der Waals surface area (Å²) in [6, 6.07) is 9.85. The molecule has 0 saturated heterocycles. The van der Waals surface area contributed by atoms with Crippen molar-refractivity contribution < 1.29 is 19.1 Å². The first-order valence-electron chi connectivity index (χ1n) is 6.22. The first-order valence-corrected chi connectivity index (χ1v) is 6.22. The summed E-state index contributed by atoms with van der Waals surface area (Å²) in [5.41, 5.74) is 0.697. The molecule has 1 rings (SSSR count). The van der Waals surface area contributed by atoms with Gasteiger partial charge in [0.25, 0.3) is 0 Å². The predicted molar refractivity (Wildman–Crippen MR) is 71.5 cm³/mol. The summed E-state index contributed by atoms with van der Waals surface area (Å²) in [7, 11) is 0. The number of carbonyl (C=O) groups excluding carboxylic acids is 2. The highest BCUT2D eigenvalue weighted by atomic mass is 16.5. The summed E-state index contributed by atoms with van der Waals surface area (Å²) in [6.07, 6.45) is 0.675. The Labute approximate surface area is 113 Å². The molecule has 0 radical (unpaired) electrons. The van der Waals surface area contributed by atoms with Gasteiger partial charge < -0.3 is 9.47 Å². The molecule has 4 heteroatoms. The summed E-state index contributed by atoms with van der Waals surface area (Å²) >= 11 is 0. The van der Waals surface area contributed by atoms with Crippen LogP contribution >= 0.6 is 0 Å². The average Bonchev–Trinajstić information content (AvgIpc) is 2.36. The number of esters is 2. The summed E-state index contributed by atoms with van der Waals surface area (Å²) in [6.45, 7) is 5.13. The maximum atomic E-state index is 11.0. The Kier molecular flexibility index (Phi) is 5.55. The molecule has 104 valence electrons. The fourth-order valence-corrected chi connectivity index (χ4v) is 1.78. The van der Waals surface area contributed by atoms with Crippen molar-refractivity contribution in [2.75, 3.05) is 13.2 Å². The molecule has 0 bridgehead atoms. The van der Waals surface area contributed by atoms with E-state index in [4.69, 9.17) is 9.47 Å². The van der Waals surface area contributed by atoms with E-state index in [1.54, 1.807) is 0 Å². The normalized spacial score (nSPS) is 10.9.